The molecule has 1 N–H and O–H groups in total. The van der Waals surface area contributed by atoms with Crippen LogP contribution in [0.1, 0.15) is 49.1 Å². The highest BCUT2D eigenvalue weighted by Crippen LogP contribution is 2.38. The van der Waals surface area contributed by atoms with Crippen molar-refractivity contribution in [3.05, 3.63) is 60.2 Å². The topological polar surface area (TPSA) is 86.3 Å². The molecule has 1 aliphatic rings. The highest BCUT2D eigenvalue weighted by molar-refractivity contribution is 5.80. The van der Waals surface area contributed by atoms with E-state index in [1.807, 2.05) is 24.7 Å². The molecule has 0 unspecified atom stereocenters. The van der Waals surface area contributed by atoms with Crippen LogP contribution < -0.4 is 5.32 Å². The predicted octanol–water partition coefficient (Wildman–Crippen LogP) is 3.19. The van der Waals surface area contributed by atoms with Crippen molar-refractivity contribution >= 4 is 17.0 Å². The highest BCUT2D eigenvalue weighted by Gasteiger charge is 2.26. The molecule has 1 aliphatic carbocycles. The third kappa shape index (κ3) is 3.55. The molecule has 4 aromatic heterocycles. The van der Waals surface area contributed by atoms with Crippen molar-refractivity contribution in [3.63, 3.8) is 0 Å². The zero-order valence-corrected chi connectivity index (χ0v) is 16.2. The van der Waals surface area contributed by atoms with Gasteiger partial charge < -0.3 is 14.5 Å². The summed E-state index contributed by atoms with van der Waals surface area (Å²) >= 11 is 0. The summed E-state index contributed by atoms with van der Waals surface area (Å²) in [5, 5.41) is 4.31. The van der Waals surface area contributed by atoms with Gasteiger partial charge in [-0.2, -0.15) is 4.98 Å². The lowest BCUT2D eigenvalue weighted by Gasteiger charge is -2.14. The van der Waals surface area contributed by atoms with Crippen LogP contribution in [0.15, 0.2) is 37.2 Å². The molecule has 8 nitrogen and oxygen atoms in total. The summed E-state index contributed by atoms with van der Waals surface area (Å²) in [6.07, 6.45) is 11.2. The maximum absolute atomic E-state index is 13.1. The molecule has 0 saturated heterocycles. The molecule has 0 amide bonds. The lowest BCUT2D eigenvalue weighted by Crippen LogP contribution is -2.14. The Kier molecular flexibility index (Phi) is 4.22. The summed E-state index contributed by atoms with van der Waals surface area (Å²) in [6, 6.07) is 2.33. The van der Waals surface area contributed by atoms with E-state index in [1.165, 1.54) is 12.8 Å². The van der Waals surface area contributed by atoms with Crippen LogP contribution in [-0.2, 0) is 13.5 Å². The summed E-state index contributed by atoms with van der Waals surface area (Å²) in [5.74, 6) is 0.530. The Bertz CT molecular complexity index is 1160. The van der Waals surface area contributed by atoms with Gasteiger partial charge in [-0.05, 0) is 25.8 Å². The molecule has 1 saturated carbocycles. The highest BCUT2D eigenvalue weighted by atomic mass is 19.1. The standard InChI is InChI=1S/C20H21FN8/c1-12(18-22-8-13(21)9-23-18)25-20-26-17(7-14-10-28(2)11-24-14)16-5-6-29(15-3-4-15)19(16)27-20/h5-6,8-12,15H,3-4,7H2,1-2H3,(H,25,26,27)/t12-/m0/s1. The minimum Gasteiger partial charge on any atom is -0.344 e. The molecule has 0 aliphatic heterocycles. The molecule has 4 heterocycles. The summed E-state index contributed by atoms with van der Waals surface area (Å²) in [4.78, 5) is 22.1. The van der Waals surface area contributed by atoms with Crippen LogP contribution in [0.3, 0.4) is 0 Å². The van der Waals surface area contributed by atoms with Crippen molar-refractivity contribution in [2.45, 2.75) is 38.3 Å². The lowest BCUT2D eigenvalue weighted by molar-refractivity contribution is 0.604. The maximum Gasteiger partial charge on any atom is 0.225 e. The molecule has 1 fully saturated rings. The number of imidazole rings is 1. The molecule has 9 heteroatoms. The Morgan fingerprint density at radius 3 is 2.69 bits per heavy atom. The number of aryl methyl sites for hydroxylation is 1. The summed E-state index contributed by atoms with van der Waals surface area (Å²) in [6.45, 7) is 1.90. The number of halogens is 1. The van der Waals surface area contributed by atoms with E-state index in [9.17, 15) is 4.39 Å². The van der Waals surface area contributed by atoms with Crippen LogP contribution in [-0.4, -0.2) is 34.1 Å². The second kappa shape index (κ2) is 6.91. The predicted molar refractivity (Wildman–Crippen MR) is 106 cm³/mol. The Labute approximate surface area is 166 Å². The van der Waals surface area contributed by atoms with Crippen LogP contribution in [0.5, 0.6) is 0 Å². The van der Waals surface area contributed by atoms with Crippen molar-refractivity contribution in [1.29, 1.82) is 0 Å². The van der Waals surface area contributed by atoms with Gasteiger partial charge in [-0.15, -0.1) is 0 Å². The van der Waals surface area contributed by atoms with Gasteiger partial charge in [0.25, 0.3) is 0 Å². The second-order valence-electron chi connectivity index (χ2n) is 7.52. The maximum atomic E-state index is 13.1. The fourth-order valence-corrected chi connectivity index (χ4v) is 3.48. The van der Waals surface area contributed by atoms with Crippen LogP contribution in [0, 0.1) is 5.82 Å². The fourth-order valence-electron chi connectivity index (χ4n) is 3.48. The Morgan fingerprint density at radius 2 is 2.00 bits per heavy atom. The quantitative estimate of drug-likeness (QED) is 0.542. The van der Waals surface area contributed by atoms with Gasteiger partial charge in [0.05, 0.1) is 36.2 Å². The van der Waals surface area contributed by atoms with Crippen molar-refractivity contribution < 1.29 is 4.39 Å². The van der Waals surface area contributed by atoms with Gasteiger partial charge in [0.15, 0.2) is 5.82 Å². The smallest absolute Gasteiger partial charge is 0.225 e. The van der Waals surface area contributed by atoms with Crippen molar-refractivity contribution in [3.8, 4) is 0 Å². The van der Waals surface area contributed by atoms with Crippen LogP contribution >= 0.6 is 0 Å². The molecule has 1 atom stereocenters. The van der Waals surface area contributed by atoms with E-state index >= 15 is 0 Å². The second-order valence-corrected chi connectivity index (χ2v) is 7.52. The number of rotatable bonds is 6. The number of anilines is 1. The first kappa shape index (κ1) is 17.7. The summed E-state index contributed by atoms with van der Waals surface area (Å²) < 4.78 is 17.3. The van der Waals surface area contributed by atoms with E-state index in [0.29, 0.717) is 24.2 Å². The number of nitrogens with one attached hydrogen (secondary N) is 1. The van der Waals surface area contributed by atoms with Gasteiger partial charge in [0, 0.05) is 37.3 Å². The summed E-state index contributed by atoms with van der Waals surface area (Å²) in [7, 11) is 1.95. The first-order chi connectivity index (χ1) is 14.1. The monoisotopic (exact) mass is 392 g/mol. The Hall–Kier alpha value is -3.36. The normalized spacial score (nSPS) is 15.0. The van der Waals surface area contributed by atoms with E-state index in [2.05, 4.69) is 37.1 Å². The molecule has 5 rings (SSSR count). The largest absolute Gasteiger partial charge is 0.344 e. The van der Waals surface area contributed by atoms with Crippen molar-refractivity contribution in [2.75, 3.05) is 5.32 Å². The van der Waals surface area contributed by atoms with Crippen LogP contribution in [0.2, 0.25) is 0 Å². The average molecular weight is 392 g/mol. The minimum absolute atomic E-state index is 0.264. The number of hydrogen-bond acceptors (Lipinski definition) is 6. The van der Waals surface area contributed by atoms with Crippen molar-refractivity contribution in [2.24, 2.45) is 7.05 Å². The molecule has 0 bridgehead atoms. The van der Waals surface area contributed by atoms with E-state index in [1.54, 1.807) is 6.33 Å². The van der Waals surface area contributed by atoms with E-state index in [4.69, 9.17) is 9.97 Å². The SMILES string of the molecule is C[C@H](Nc1nc(Cc2cn(C)cn2)c2ccn(C3CC3)c2n1)c1ncc(F)cn1. The number of fused-ring (bicyclic) bond motifs is 1. The van der Waals surface area contributed by atoms with Gasteiger partial charge >= 0.3 is 0 Å². The van der Waals surface area contributed by atoms with Gasteiger partial charge in [0.1, 0.15) is 11.5 Å². The van der Waals surface area contributed by atoms with Gasteiger partial charge in [-0.25, -0.2) is 24.3 Å². The lowest BCUT2D eigenvalue weighted by atomic mass is 10.2. The molecule has 148 valence electrons. The van der Waals surface area contributed by atoms with Crippen molar-refractivity contribution in [1.82, 2.24) is 34.1 Å². The number of hydrogen-bond donors (Lipinski definition) is 1. The minimum atomic E-state index is -0.460. The van der Waals surface area contributed by atoms with Gasteiger partial charge in [0.2, 0.25) is 5.95 Å². The Balaban J connectivity index is 1.52. The van der Waals surface area contributed by atoms with E-state index in [-0.39, 0.29) is 6.04 Å². The third-order valence-corrected chi connectivity index (χ3v) is 5.07. The number of aromatic nitrogens is 7. The number of nitrogens with zero attached hydrogens (tertiary/aromatic N) is 7. The van der Waals surface area contributed by atoms with Gasteiger partial charge in [-0.1, -0.05) is 0 Å². The fraction of sp³-hybridized carbons (Fsp3) is 0.350. The summed E-state index contributed by atoms with van der Waals surface area (Å²) in [5.41, 5.74) is 2.79. The molecular weight excluding hydrogens is 371 g/mol. The van der Waals surface area contributed by atoms with Crippen LogP contribution in [0.4, 0.5) is 10.3 Å². The van der Waals surface area contributed by atoms with E-state index in [0.717, 1.165) is 34.8 Å². The molecule has 0 aromatic carbocycles. The first-order valence-electron chi connectivity index (χ1n) is 9.65. The molecule has 0 radical (unpaired) electrons. The average Bonchev–Trinajstić information content (AvgIpc) is 3.32. The molecule has 0 spiro atoms. The van der Waals surface area contributed by atoms with Crippen LogP contribution in [0.25, 0.3) is 11.0 Å². The molecular formula is C20H21FN8. The van der Waals surface area contributed by atoms with Gasteiger partial charge in [-0.3, -0.25) is 0 Å². The zero-order valence-electron chi connectivity index (χ0n) is 16.2. The molecule has 4 aromatic rings. The Morgan fingerprint density at radius 1 is 1.21 bits per heavy atom. The first-order valence-corrected chi connectivity index (χ1v) is 9.65. The third-order valence-electron chi connectivity index (χ3n) is 5.07. The zero-order chi connectivity index (χ0) is 20.0. The molecule has 29 heavy (non-hydrogen) atoms. The van der Waals surface area contributed by atoms with E-state index < -0.39 is 5.82 Å².